The number of nitrogens with two attached hydrogens (primary N) is 1. The smallest absolute Gasteiger partial charge is 0.323 e. The van der Waals surface area contributed by atoms with Crippen LogP contribution in [0.25, 0.3) is 0 Å². The maximum atomic E-state index is 5.41. The zero-order chi connectivity index (χ0) is 13.7. The highest BCUT2D eigenvalue weighted by Gasteiger charge is 2.40. The first-order valence-electron chi connectivity index (χ1n) is 6.81. The summed E-state index contributed by atoms with van der Waals surface area (Å²) in [5, 5.41) is 3.25. The zero-order valence-electron chi connectivity index (χ0n) is 11.6. The van der Waals surface area contributed by atoms with Crippen molar-refractivity contribution in [3.63, 3.8) is 0 Å². The summed E-state index contributed by atoms with van der Waals surface area (Å²) in [6.07, 6.45) is 4.61. The van der Waals surface area contributed by atoms with Gasteiger partial charge in [-0.1, -0.05) is 13.8 Å². The molecule has 1 aliphatic rings. The number of hydrogen-bond donors (Lipinski definition) is 3. The number of hydrogen-bond acceptors (Lipinski definition) is 7. The molecule has 1 heterocycles. The average molecular weight is 266 g/mol. The summed E-state index contributed by atoms with van der Waals surface area (Å²) in [5.41, 5.74) is 2.85. The van der Waals surface area contributed by atoms with E-state index in [1.807, 2.05) is 6.92 Å². The molecule has 106 valence electrons. The SMILES string of the molecule is CCCOc1nc(NN)nc(NCC2(CC)CC2)n1. The molecular formula is C12H22N6O. The van der Waals surface area contributed by atoms with E-state index in [4.69, 9.17) is 10.6 Å². The number of hydrazine groups is 1. The number of nitrogen functional groups attached to an aromatic ring is 1. The highest BCUT2D eigenvalue weighted by atomic mass is 16.5. The van der Waals surface area contributed by atoms with Gasteiger partial charge in [0.15, 0.2) is 0 Å². The maximum Gasteiger partial charge on any atom is 0.323 e. The van der Waals surface area contributed by atoms with E-state index < -0.39 is 0 Å². The van der Waals surface area contributed by atoms with Crippen molar-refractivity contribution < 1.29 is 4.74 Å². The lowest BCUT2D eigenvalue weighted by Gasteiger charge is -2.14. The Labute approximate surface area is 113 Å². The monoisotopic (exact) mass is 266 g/mol. The Morgan fingerprint density at radius 3 is 2.53 bits per heavy atom. The van der Waals surface area contributed by atoms with Crippen LogP contribution in [0.3, 0.4) is 0 Å². The lowest BCUT2D eigenvalue weighted by Crippen LogP contribution is -2.18. The van der Waals surface area contributed by atoms with Crippen LogP contribution in [0.2, 0.25) is 0 Å². The minimum Gasteiger partial charge on any atom is -0.463 e. The summed E-state index contributed by atoms with van der Waals surface area (Å²) >= 11 is 0. The number of aromatic nitrogens is 3. The van der Waals surface area contributed by atoms with Gasteiger partial charge in [-0.25, -0.2) is 5.84 Å². The summed E-state index contributed by atoms with van der Waals surface area (Å²) in [4.78, 5) is 12.5. The summed E-state index contributed by atoms with van der Waals surface area (Å²) < 4.78 is 5.41. The van der Waals surface area contributed by atoms with E-state index >= 15 is 0 Å². The van der Waals surface area contributed by atoms with Gasteiger partial charge in [0.05, 0.1) is 6.61 Å². The van der Waals surface area contributed by atoms with E-state index in [2.05, 4.69) is 32.6 Å². The van der Waals surface area contributed by atoms with Gasteiger partial charge in [0.2, 0.25) is 11.9 Å². The molecule has 0 aliphatic heterocycles. The second-order valence-corrected chi connectivity index (χ2v) is 4.97. The van der Waals surface area contributed by atoms with E-state index in [0.717, 1.165) is 13.0 Å². The molecular weight excluding hydrogens is 244 g/mol. The van der Waals surface area contributed by atoms with E-state index in [9.17, 15) is 0 Å². The second kappa shape index (κ2) is 6.01. The van der Waals surface area contributed by atoms with Crippen molar-refractivity contribution in [3.05, 3.63) is 0 Å². The highest BCUT2D eigenvalue weighted by molar-refractivity contribution is 5.35. The molecule has 1 aromatic rings. The number of anilines is 2. The van der Waals surface area contributed by atoms with Crippen LogP contribution in [-0.2, 0) is 0 Å². The van der Waals surface area contributed by atoms with Gasteiger partial charge in [0.1, 0.15) is 0 Å². The normalized spacial score (nSPS) is 15.9. The van der Waals surface area contributed by atoms with Gasteiger partial charge < -0.3 is 10.1 Å². The zero-order valence-corrected chi connectivity index (χ0v) is 11.6. The lowest BCUT2D eigenvalue weighted by atomic mass is 10.0. The summed E-state index contributed by atoms with van der Waals surface area (Å²) in [6, 6.07) is 0.300. The third kappa shape index (κ3) is 3.66. The minimum absolute atomic E-state index is 0.300. The van der Waals surface area contributed by atoms with Crippen molar-refractivity contribution in [2.24, 2.45) is 11.3 Å². The maximum absolute atomic E-state index is 5.41. The fourth-order valence-corrected chi connectivity index (χ4v) is 1.86. The molecule has 4 N–H and O–H groups in total. The molecule has 7 heteroatoms. The molecule has 1 fully saturated rings. The molecule has 0 aromatic carbocycles. The third-order valence-corrected chi connectivity index (χ3v) is 3.51. The molecule has 7 nitrogen and oxygen atoms in total. The van der Waals surface area contributed by atoms with Crippen molar-refractivity contribution in [2.75, 3.05) is 23.9 Å². The second-order valence-electron chi connectivity index (χ2n) is 4.97. The van der Waals surface area contributed by atoms with Gasteiger partial charge in [-0.3, -0.25) is 5.43 Å². The first kappa shape index (κ1) is 13.8. The first-order chi connectivity index (χ1) is 9.21. The van der Waals surface area contributed by atoms with Crippen LogP contribution in [0.1, 0.15) is 39.5 Å². The number of ether oxygens (including phenoxy) is 1. The van der Waals surface area contributed by atoms with E-state index in [1.165, 1.54) is 19.3 Å². The number of nitrogens with zero attached hydrogens (tertiary/aromatic N) is 3. The standard InChI is InChI=1S/C12H22N6O/c1-3-7-19-11-16-9(15-10(17-11)18-13)14-8-12(4-2)5-6-12/h3-8,13H2,1-2H3,(H2,14,15,16,17,18). The van der Waals surface area contributed by atoms with Crippen molar-refractivity contribution in [2.45, 2.75) is 39.5 Å². The summed E-state index contributed by atoms with van der Waals surface area (Å²) in [5.74, 6) is 6.17. The average Bonchev–Trinajstić information content (AvgIpc) is 3.23. The Morgan fingerprint density at radius 1 is 1.21 bits per heavy atom. The number of nitrogens with one attached hydrogen (secondary N) is 2. The molecule has 1 aromatic heterocycles. The molecule has 0 bridgehead atoms. The first-order valence-corrected chi connectivity index (χ1v) is 6.81. The molecule has 0 atom stereocenters. The van der Waals surface area contributed by atoms with E-state index in [-0.39, 0.29) is 0 Å². The fraction of sp³-hybridized carbons (Fsp3) is 0.750. The molecule has 1 saturated carbocycles. The Morgan fingerprint density at radius 2 is 1.95 bits per heavy atom. The van der Waals surface area contributed by atoms with Crippen LogP contribution in [-0.4, -0.2) is 28.1 Å². The molecule has 0 amide bonds. The van der Waals surface area contributed by atoms with Crippen molar-refractivity contribution in [1.29, 1.82) is 0 Å². The van der Waals surface area contributed by atoms with Crippen LogP contribution in [0.5, 0.6) is 6.01 Å². The summed E-state index contributed by atoms with van der Waals surface area (Å²) in [7, 11) is 0. The molecule has 0 spiro atoms. The Bertz CT molecular complexity index is 421. The number of rotatable bonds is 8. The van der Waals surface area contributed by atoms with Gasteiger partial charge in [0.25, 0.3) is 0 Å². The van der Waals surface area contributed by atoms with Crippen LogP contribution >= 0.6 is 0 Å². The van der Waals surface area contributed by atoms with Crippen LogP contribution in [0.15, 0.2) is 0 Å². The van der Waals surface area contributed by atoms with Gasteiger partial charge in [-0.15, -0.1) is 0 Å². The lowest BCUT2D eigenvalue weighted by molar-refractivity contribution is 0.292. The molecule has 2 rings (SSSR count). The molecule has 19 heavy (non-hydrogen) atoms. The molecule has 0 radical (unpaired) electrons. The topological polar surface area (TPSA) is 98.0 Å². The highest BCUT2D eigenvalue weighted by Crippen LogP contribution is 2.48. The Hall–Kier alpha value is -1.63. The fourth-order valence-electron chi connectivity index (χ4n) is 1.86. The van der Waals surface area contributed by atoms with E-state index in [0.29, 0.717) is 29.9 Å². The van der Waals surface area contributed by atoms with Gasteiger partial charge >= 0.3 is 6.01 Å². The van der Waals surface area contributed by atoms with Crippen molar-refractivity contribution >= 4 is 11.9 Å². The van der Waals surface area contributed by atoms with Crippen molar-refractivity contribution in [3.8, 4) is 6.01 Å². The third-order valence-electron chi connectivity index (χ3n) is 3.51. The summed E-state index contributed by atoms with van der Waals surface area (Å²) in [6.45, 7) is 5.70. The van der Waals surface area contributed by atoms with Crippen molar-refractivity contribution in [1.82, 2.24) is 15.0 Å². The quantitative estimate of drug-likeness (QED) is 0.485. The van der Waals surface area contributed by atoms with Crippen LogP contribution in [0.4, 0.5) is 11.9 Å². The van der Waals surface area contributed by atoms with Gasteiger partial charge in [-0.05, 0) is 31.1 Å². The largest absolute Gasteiger partial charge is 0.463 e. The van der Waals surface area contributed by atoms with Gasteiger partial charge in [0, 0.05) is 6.54 Å². The van der Waals surface area contributed by atoms with Gasteiger partial charge in [-0.2, -0.15) is 15.0 Å². The van der Waals surface area contributed by atoms with Crippen LogP contribution < -0.4 is 21.3 Å². The van der Waals surface area contributed by atoms with E-state index in [1.54, 1.807) is 0 Å². The Kier molecular flexibility index (Phi) is 4.36. The van der Waals surface area contributed by atoms with Crippen LogP contribution in [0, 0.1) is 5.41 Å². The molecule has 0 saturated heterocycles. The molecule has 0 unspecified atom stereocenters. The predicted octanol–water partition coefficient (Wildman–Crippen LogP) is 1.55. The minimum atomic E-state index is 0.300. The Balaban J connectivity index is 2.01. The molecule has 1 aliphatic carbocycles. The predicted molar refractivity (Wildman–Crippen MR) is 73.9 cm³/mol.